The Morgan fingerprint density at radius 1 is 1.67 bits per heavy atom. The Balaban J connectivity index is 2.32. The van der Waals surface area contributed by atoms with Gasteiger partial charge in [-0.25, -0.2) is 0 Å². The minimum Gasteiger partial charge on any atom is -0.394 e. The molecule has 1 N–H and O–H groups in total. The summed E-state index contributed by atoms with van der Waals surface area (Å²) in [6.07, 6.45) is 1.57. The van der Waals surface area contributed by atoms with Crippen LogP contribution in [0.4, 0.5) is 0 Å². The maximum atomic E-state index is 11.4. The van der Waals surface area contributed by atoms with Crippen molar-refractivity contribution in [3.63, 3.8) is 0 Å². The molecular weight excluding hydrogens is 154 g/mol. The molecule has 1 amide bonds. The Bertz CT molecular complexity index is 166. The number of aliphatic hydroxyl groups is 1. The van der Waals surface area contributed by atoms with Gasteiger partial charge in [0.25, 0.3) is 0 Å². The van der Waals surface area contributed by atoms with Crippen molar-refractivity contribution in [3.05, 3.63) is 0 Å². The quantitative estimate of drug-likeness (QED) is 0.676. The standard InChI is InChI=1S/C9H17NO2/c1-7(2)5-9(12)10-4-3-8(10)6-11/h7-8,11H,3-6H2,1-2H3. The van der Waals surface area contributed by atoms with Gasteiger partial charge in [0.05, 0.1) is 12.6 Å². The first-order valence-electron chi connectivity index (χ1n) is 4.55. The van der Waals surface area contributed by atoms with Gasteiger partial charge in [-0.15, -0.1) is 0 Å². The lowest BCUT2D eigenvalue weighted by Gasteiger charge is -2.40. The van der Waals surface area contributed by atoms with Crippen molar-refractivity contribution in [3.8, 4) is 0 Å². The van der Waals surface area contributed by atoms with E-state index in [1.165, 1.54) is 0 Å². The molecule has 1 fully saturated rings. The van der Waals surface area contributed by atoms with Crippen LogP contribution in [0.5, 0.6) is 0 Å². The number of hydrogen-bond acceptors (Lipinski definition) is 2. The molecule has 0 bridgehead atoms. The molecule has 1 heterocycles. The summed E-state index contributed by atoms with van der Waals surface area (Å²) in [6, 6.07) is 0.108. The van der Waals surface area contributed by atoms with E-state index in [-0.39, 0.29) is 18.6 Å². The summed E-state index contributed by atoms with van der Waals surface area (Å²) in [5.41, 5.74) is 0. The van der Waals surface area contributed by atoms with Gasteiger partial charge in [0, 0.05) is 13.0 Å². The van der Waals surface area contributed by atoms with E-state index >= 15 is 0 Å². The van der Waals surface area contributed by atoms with E-state index in [9.17, 15) is 4.79 Å². The van der Waals surface area contributed by atoms with Crippen LogP contribution in [0, 0.1) is 5.92 Å². The number of aliphatic hydroxyl groups excluding tert-OH is 1. The minimum atomic E-state index is 0.108. The molecule has 3 heteroatoms. The minimum absolute atomic E-state index is 0.108. The van der Waals surface area contributed by atoms with E-state index in [0.29, 0.717) is 12.3 Å². The maximum absolute atomic E-state index is 11.4. The fraction of sp³-hybridized carbons (Fsp3) is 0.889. The van der Waals surface area contributed by atoms with Crippen molar-refractivity contribution in [1.29, 1.82) is 0 Å². The molecule has 0 aliphatic carbocycles. The molecule has 0 radical (unpaired) electrons. The highest BCUT2D eigenvalue weighted by atomic mass is 16.3. The first-order valence-corrected chi connectivity index (χ1v) is 4.55. The van der Waals surface area contributed by atoms with E-state index in [1.54, 1.807) is 4.90 Å². The number of amides is 1. The molecule has 70 valence electrons. The first-order chi connectivity index (χ1) is 5.65. The molecule has 1 aliphatic rings. The second-order valence-corrected chi connectivity index (χ2v) is 3.81. The Morgan fingerprint density at radius 3 is 2.67 bits per heavy atom. The predicted octanol–water partition coefficient (Wildman–Crippen LogP) is 0.626. The molecule has 0 aromatic rings. The van der Waals surface area contributed by atoms with Gasteiger partial charge in [-0.1, -0.05) is 13.8 Å². The lowest BCUT2D eigenvalue weighted by Crippen LogP contribution is -2.53. The molecule has 1 atom stereocenters. The molecule has 0 spiro atoms. The molecule has 0 saturated carbocycles. The van der Waals surface area contributed by atoms with E-state index in [2.05, 4.69) is 0 Å². The molecule has 3 nitrogen and oxygen atoms in total. The molecule has 1 unspecified atom stereocenters. The first kappa shape index (κ1) is 9.52. The van der Waals surface area contributed by atoms with E-state index < -0.39 is 0 Å². The molecule has 12 heavy (non-hydrogen) atoms. The lowest BCUT2D eigenvalue weighted by molar-refractivity contribution is -0.141. The summed E-state index contributed by atoms with van der Waals surface area (Å²) in [5.74, 6) is 0.604. The average molecular weight is 171 g/mol. The molecule has 1 saturated heterocycles. The van der Waals surface area contributed by atoms with Crippen LogP contribution in [0.2, 0.25) is 0 Å². The zero-order valence-corrected chi connectivity index (χ0v) is 7.79. The van der Waals surface area contributed by atoms with Crippen LogP contribution in [0.3, 0.4) is 0 Å². The van der Waals surface area contributed by atoms with Crippen LogP contribution in [0.1, 0.15) is 26.7 Å². The SMILES string of the molecule is CC(C)CC(=O)N1CCC1CO. The lowest BCUT2D eigenvalue weighted by atomic mass is 10.0. The summed E-state index contributed by atoms with van der Waals surface area (Å²) in [7, 11) is 0. The highest BCUT2D eigenvalue weighted by Gasteiger charge is 2.31. The molecule has 1 rings (SSSR count). The third-order valence-corrected chi connectivity index (χ3v) is 2.26. The van der Waals surface area contributed by atoms with Crippen molar-refractivity contribution >= 4 is 5.91 Å². The normalized spacial score (nSPS) is 22.7. The van der Waals surface area contributed by atoms with E-state index in [1.807, 2.05) is 13.8 Å². The molecule has 0 aromatic carbocycles. The Morgan fingerprint density at radius 2 is 2.33 bits per heavy atom. The smallest absolute Gasteiger partial charge is 0.223 e. The Hall–Kier alpha value is -0.570. The Labute approximate surface area is 73.4 Å². The largest absolute Gasteiger partial charge is 0.394 e. The number of carbonyl (C=O) groups is 1. The van der Waals surface area contributed by atoms with Gasteiger partial charge >= 0.3 is 0 Å². The summed E-state index contributed by atoms with van der Waals surface area (Å²) < 4.78 is 0. The molecule has 1 aliphatic heterocycles. The highest BCUT2D eigenvalue weighted by Crippen LogP contribution is 2.19. The second kappa shape index (κ2) is 3.90. The third kappa shape index (κ3) is 1.97. The van der Waals surface area contributed by atoms with Crippen molar-refractivity contribution in [2.75, 3.05) is 13.2 Å². The Kier molecular flexibility index (Phi) is 3.09. The van der Waals surface area contributed by atoms with Crippen LogP contribution >= 0.6 is 0 Å². The second-order valence-electron chi connectivity index (χ2n) is 3.81. The summed E-state index contributed by atoms with van der Waals surface area (Å²) in [6.45, 7) is 5.01. The maximum Gasteiger partial charge on any atom is 0.223 e. The van der Waals surface area contributed by atoms with Gasteiger partial charge in [-0.2, -0.15) is 0 Å². The van der Waals surface area contributed by atoms with Gasteiger partial charge in [0.15, 0.2) is 0 Å². The van der Waals surface area contributed by atoms with Gasteiger partial charge in [0.2, 0.25) is 5.91 Å². The molecular formula is C9H17NO2. The van der Waals surface area contributed by atoms with Crippen molar-refractivity contribution in [2.24, 2.45) is 5.92 Å². The van der Waals surface area contributed by atoms with Crippen LogP contribution < -0.4 is 0 Å². The van der Waals surface area contributed by atoms with Crippen LogP contribution in [0.25, 0.3) is 0 Å². The van der Waals surface area contributed by atoms with Crippen molar-refractivity contribution in [1.82, 2.24) is 4.90 Å². The highest BCUT2D eigenvalue weighted by molar-refractivity contribution is 5.77. The predicted molar refractivity (Wildman–Crippen MR) is 46.7 cm³/mol. The zero-order chi connectivity index (χ0) is 9.14. The van der Waals surface area contributed by atoms with Gasteiger partial charge in [0.1, 0.15) is 0 Å². The fourth-order valence-corrected chi connectivity index (χ4v) is 1.43. The number of hydrogen-bond donors (Lipinski definition) is 1. The topological polar surface area (TPSA) is 40.5 Å². The third-order valence-electron chi connectivity index (χ3n) is 2.26. The van der Waals surface area contributed by atoms with Crippen LogP contribution in [0.15, 0.2) is 0 Å². The number of rotatable bonds is 3. The van der Waals surface area contributed by atoms with Crippen LogP contribution in [-0.2, 0) is 4.79 Å². The average Bonchev–Trinajstić information content (AvgIpc) is 1.83. The molecule has 0 aromatic heterocycles. The van der Waals surface area contributed by atoms with Gasteiger partial charge in [-0.05, 0) is 12.3 Å². The monoisotopic (exact) mass is 171 g/mol. The number of likely N-dealkylation sites (tertiary alicyclic amines) is 1. The zero-order valence-electron chi connectivity index (χ0n) is 7.79. The summed E-state index contributed by atoms with van der Waals surface area (Å²) >= 11 is 0. The number of carbonyl (C=O) groups excluding carboxylic acids is 1. The summed E-state index contributed by atoms with van der Waals surface area (Å²) in [5, 5.41) is 8.85. The summed E-state index contributed by atoms with van der Waals surface area (Å²) in [4.78, 5) is 13.2. The van der Waals surface area contributed by atoms with E-state index in [0.717, 1.165) is 13.0 Å². The van der Waals surface area contributed by atoms with Crippen LogP contribution in [-0.4, -0.2) is 35.1 Å². The number of nitrogens with zero attached hydrogens (tertiary/aromatic N) is 1. The van der Waals surface area contributed by atoms with Crippen molar-refractivity contribution in [2.45, 2.75) is 32.7 Å². The van der Waals surface area contributed by atoms with Gasteiger partial charge in [-0.3, -0.25) is 4.79 Å². The fourth-order valence-electron chi connectivity index (χ4n) is 1.43. The van der Waals surface area contributed by atoms with E-state index in [4.69, 9.17) is 5.11 Å². The van der Waals surface area contributed by atoms with Gasteiger partial charge < -0.3 is 10.0 Å². The van der Waals surface area contributed by atoms with Crippen molar-refractivity contribution < 1.29 is 9.90 Å².